The fraction of sp³-hybridized carbons (Fsp3) is 0.682. The number of amides is 1. The topological polar surface area (TPSA) is 62.7 Å². The lowest BCUT2D eigenvalue weighted by atomic mass is 9.65. The van der Waals surface area contributed by atoms with Crippen molar-refractivity contribution < 1.29 is 14.3 Å². The van der Waals surface area contributed by atoms with Gasteiger partial charge in [-0.2, -0.15) is 0 Å². The number of likely N-dealkylation sites (tertiary alicyclic amines) is 1. The third-order valence-electron chi connectivity index (χ3n) is 6.86. The number of pyridine rings is 1. The zero-order valence-electron chi connectivity index (χ0n) is 17.8. The molecular formula is C22H33N3O3. The molecule has 2 aliphatic rings. The van der Waals surface area contributed by atoms with Gasteiger partial charge in [-0.05, 0) is 71.2 Å². The molecule has 0 radical (unpaired) electrons. The maximum Gasteiger partial charge on any atom is 0.313 e. The Morgan fingerprint density at radius 3 is 2.46 bits per heavy atom. The third-order valence-corrected chi connectivity index (χ3v) is 6.86. The molecule has 1 spiro atoms. The lowest BCUT2D eigenvalue weighted by Gasteiger charge is -2.48. The fourth-order valence-corrected chi connectivity index (χ4v) is 5.04. The van der Waals surface area contributed by atoms with E-state index in [-0.39, 0.29) is 22.8 Å². The van der Waals surface area contributed by atoms with E-state index in [1.165, 1.54) is 7.11 Å². The molecule has 154 valence electrons. The van der Waals surface area contributed by atoms with Crippen LogP contribution in [-0.2, 0) is 19.9 Å². The molecule has 6 heteroatoms. The van der Waals surface area contributed by atoms with Crippen LogP contribution in [0.15, 0.2) is 24.4 Å². The van der Waals surface area contributed by atoms with Crippen molar-refractivity contribution in [2.45, 2.75) is 51.5 Å². The molecule has 1 saturated heterocycles. The van der Waals surface area contributed by atoms with Crippen LogP contribution in [0.5, 0.6) is 0 Å². The average Bonchev–Trinajstić information content (AvgIpc) is 2.96. The Kier molecular flexibility index (Phi) is 5.54. The van der Waals surface area contributed by atoms with Gasteiger partial charge in [-0.25, -0.2) is 0 Å². The van der Waals surface area contributed by atoms with Gasteiger partial charge in [0.25, 0.3) is 0 Å². The van der Waals surface area contributed by atoms with Crippen molar-refractivity contribution in [2.75, 3.05) is 34.3 Å². The number of methoxy groups -OCH3 is 1. The zero-order valence-corrected chi connectivity index (χ0v) is 17.8. The minimum Gasteiger partial charge on any atom is -0.469 e. The number of carbonyl (C=O) groups excluding carboxylic acids is 2. The van der Waals surface area contributed by atoms with Crippen molar-refractivity contribution in [3.63, 3.8) is 0 Å². The molecule has 3 rings (SSSR count). The van der Waals surface area contributed by atoms with E-state index in [0.29, 0.717) is 13.0 Å². The number of ether oxygens (including phenoxy) is 1. The molecule has 28 heavy (non-hydrogen) atoms. The molecule has 1 aromatic rings. The predicted molar refractivity (Wildman–Crippen MR) is 107 cm³/mol. The number of hydrogen-bond acceptors (Lipinski definition) is 5. The minimum atomic E-state index is -0.689. The van der Waals surface area contributed by atoms with Gasteiger partial charge < -0.3 is 9.64 Å². The van der Waals surface area contributed by atoms with Crippen LogP contribution in [0, 0.1) is 10.8 Å². The molecule has 0 atom stereocenters. The summed E-state index contributed by atoms with van der Waals surface area (Å²) in [4.78, 5) is 33.6. The molecule has 1 amide bonds. The smallest absolute Gasteiger partial charge is 0.313 e. The number of nitrogens with zero attached hydrogens (tertiary/aromatic N) is 3. The Labute approximate surface area is 168 Å². The van der Waals surface area contributed by atoms with Crippen LogP contribution < -0.4 is 0 Å². The lowest BCUT2D eigenvalue weighted by molar-refractivity contribution is -0.152. The number of hydrogen-bond donors (Lipinski definition) is 0. The largest absolute Gasteiger partial charge is 0.469 e. The number of aromatic nitrogens is 1. The second-order valence-corrected chi connectivity index (χ2v) is 9.44. The Bertz CT molecular complexity index is 722. The summed E-state index contributed by atoms with van der Waals surface area (Å²) in [7, 11) is 5.65. The second-order valence-electron chi connectivity index (χ2n) is 9.44. The van der Waals surface area contributed by atoms with Gasteiger partial charge in [0, 0.05) is 25.7 Å². The summed E-state index contributed by atoms with van der Waals surface area (Å²) < 4.78 is 4.91. The van der Waals surface area contributed by atoms with Crippen molar-refractivity contribution in [2.24, 2.45) is 10.8 Å². The normalized spacial score (nSPS) is 28.2. The molecule has 0 bridgehead atoms. The molecule has 1 aliphatic heterocycles. The van der Waals surface area contributed by atoms with Crippen LogP contribution in [0.1, 0.15) is 51.6 Å². The molecule has 0 N–H and O–H groups in total. The molecule has 1 aromatic heterocycles. The van der Waals surface area contributed by atoms with Crippen molar-refractivity contribution >= 4 is 11.9 Å². The Morgan fingerprint density at radius 1 is 1.25 bits per heavy atom. The van der Waals surface area contributed by atoms with Gasteiger partial charge in [0.2, 0.25) is 5.91 Å². The quantitative estimate of drug-likeness (QED) is 0.727. The van der Waals surface area contributed by atoms with Crippen molar-refractivity contribution in [1.82, 2.24) is 14.8 Å². The van der Waals surface area contributed by atoms with E-state index in [1.807, 2.05) is 37.1 Å². The highest BCUT2D eigenvalue weighted by atomic mass is 16.5. The molecule has 6 nitrogen and oxygen atoms in total. The van der Waals surface area contributed by atoms with E-state index in [0.717, 1.165) is 37.9 Å². The van der Waals surface area contributed by atoms with E-state index < -0.39 is 5.41 Å². The molecule has 2 fully saturated rings. The molecular weight excluding hydrogens is 354 g/mol. The van der Waals surface area contributed by atoms with Gasteiger partial charge in [-0.3, -0.25) is 19.5 Å². The first-order chi connectivity index (χ1) is 13.1. The summed E-state index contributed by atoms with van der Waals surface area (Å²) in [5, 5.41) is 0. The third kappa shape index (κ3) is 3.66. The predicted octanol–water partition coefficient (Wildman–Crippen LogP) is 2.83. The van der Waals surface area contributed by atoms with Crippen molar-refractivity contribution in [1.29, 1.82) is 0 Å². The van der Waals surface area contributed by atoms with E-state index >= 15 is 0 Å². The van der Waals surface area contributed by atoms with Gasteiger partial charge in [0.05, 0.1) is 23.8 Å². The van der Waals surface area contributed by atoms with Gasteiger partial charge in [0.1, 0.15) is 0 Å². The van der Waals surface area contributed by atoms with Crippen LogP contribution >= 0.6 is 0 Å². The highest BCUT2D eigenvalue weighted by Crippen LogP contribution is 2.52. The maximum absolute atomic E-state index is 12.8. The summed E-state index contributed by atoms with van der Waals surface area (Å²) in [6, 6.07) is 6.12. The average molecular weight is 388 g/mol. The van der Waals surface area contributed by atoms with Crippen LogP contribution in [0.3, 0.4) is 0 Å². The second kappa shape index (κ2) is 7.47. The maximum atomic E-state index is 12.8. The highest BCUT2D eigenvalue weighted by Gasteiger charge is 2.51. The Hall–Kier alpha value is -1.95. The van der Waals surface area contributed by atoms with E-state index in [2.05, 4.69) is 30.0 Å². The van der Waals surface area contributed by atoms with Gasteiger partial charge in [0.15, 0.2) is 0 Å². The lowest BCUT2D eigenvalue weighted by Crippen LogP contribution is -2.48. The first-order valence-corrected chi connectivity index (χ1v) is 10.1. The fourth-order valence-electron chi connectivity index (χ4n) is 5.04. The summed E-state index contributed by atoms with van der Waals surface area (Å²) in [6.07, 6.45) is 6.39. The highest BCUT2D eigenvalue weighted by molar-refractivity contribution is 5.81. The summed E-state index contributed by atoms with van der Waals surface area (Å²) in [5.41, 5.74) is 0.362. The van der Waals surface area contributed by atoms with Crippen molar-refractivity contribution in [3.8, 4) is 0 Å². The Balaban J connectivity index is 1.73. The molecule has 1 aliphatic carbocycles. The van der Waals surface area contributed by atoms with E-state index in [1.54, 1.807) is 0 Å². The molecule has 0 aromatic carbocycles. The van der Waals surface area contributed by atoms with Gasteiger partial charge in [-0.1, -0.05) is 6.07 Å². The molecule has 2 heterocycles. The molecule has 0 unspecified atom stereocenters. The van der Waals surface area contributed by atoms with Gasteiger partial charge >= 0.3 is 5.97 Å². The summed E-state index contributed by atoms with van der Waals surface area (Å²) in [5.74, 6) is -0.112. The van der Waals surface area contributed by atoms with E-state index in [9.17, 15) is 9.59 Å². The summed E-state index contributed by atoms with van der Waals surface area (Å²) in [6.45, 7) is 4.84. The van der Waals surface area contributed by atoms with Crippen LogP contribution in [-0.4, -0.2) is 61.0 Å². The number of carbonyl (C=O) groups is 2. The number of rotatable bonds is 5. The van der Waals surface area contributed by atoms with Crippen LogP contribution in [0.4, 0.5) is 0 Å². The first kappa shape index (κ1) is 20.8. The number of esters is 1. The SMILES string of the molecule is COC(=O)C(C)(C)CN1CC2(CCC(c3ccccn3)(N(C)C)CC2)CC1=O. The van der Waals surface area contributed by atoms with E-state index in [4.69, 9.17) is 4.74 Å². The first-order valence-electron chi connectivity index (χ1n) is 10.1. The van der Waals surface area contributed by atoms with Crippen LogP contribution in [0.25, 0.3) is 0 Å². The van der Waals surface area contributed by atoms with Gasteiger partial charge in [-0.15, -0.1) is 0 Å². The Morgan fingerprint density at radius 2 is 1.93 bits per heavy atom. The molecule has 1 saturated carbocycles. The standard InChI is InChI=1S/C22H33N3O3/c1-20(2,19(27)28-5)15-25-16-21(14-18(25)26)9-11-22(12-10-21,24(3)4)17-8-6-7-13-23-17/h6-8,13H,9-12,14-16H2,1-5H3. The van der Waals surface area contributed by atoms with Crippen molar-refractivity contribution in [3.05, 3.63) is 30.1 Å². The zero-order chi connectivity index (χ0) is 20.6. The van der Waals surface area contributed by atoms with Crippen LogP contribution in [0.2, 0.25) is 0 Å². The summed E-state index contributed by atoms with van der Waals surface area (Å²) >= 11 is 0. The monoisotopic (exact) mass is 387 g/mol. The minimum absolute atomic E-state index is 0.0115.